The molecule has 0 N–H and O–H groups in total. The second-order valence-electron chi connectivity index (χ2n) is 4.63. The van der Waals surface area contributed by atoms with Gasteiger partial charge in [0, 0.05) is 23.7 Å². The van der Waals surface area contributed by atoms with E-state index in [1.165, 1.54) is 4.88 Å². The molecule has 0 spiro atoms. The molecule has 0 saturated carbocycles. The van der Waals surface area contributed by atoms with Crippen molar-refractivity contribution in [2.75, 3.05) is 6.61 Å². The number of carbonyl (C=O) groups excluding carboxylic acids is 1. The largest absolute Gasteiger partial charge is 0.460 e. The number of thiophene rings is 1. The van der Waals surface area contributed by atoms with E-state index in [2.05, 4.69) is 15.3 Å². The molecule has 0 amide bonds. The molecule has 22 heavy (non-hydrogen) atoms. The van der Waals surface area contributed by atoms with Crippen LogP contribution in [-0.2, 0) is 17.7 Å². The molecule has 3 heterocycles. The first-order chi connectivity index (χ1) is 10.8. The Bertz CT molecular complexity index is 725. The van der Waals surface area contributed by atoms with Crippen molar-refractivity contribution in [3.63, 3.8) is 0 Å². The number of carbonyl (C=O) groups is 1. The molecule has 0 atom stereocenters. The van der Waals surface area contributed by atoms with Gasteiger partial charge in [0.15, 0.2) is 5.69 Å². The zero-order valence-corrected chi connectivity index (χ0v) is 12.6. The van der Waals surface area contributed by atoms with Crippen molar-refractivity contribution in [1.29, 1.82) is 0 Å². The summed E-state index contributed by atoms with van der Waals surface area (Å²) in [5, 5.41) is 9.78. The maximum atomic E-state index is 11.9. The number of rotatable bonds is 6. The minimum atomic E-state index is -0.450. The number of nitrogens with zero attached hydrogens (tertiary/aromatic N) is 4. The molecule has 0 aliphatic carbocycles. The number of hydrogen-bond acceptors (Lipinski definition) is 6. The first kappa shape index (κ1) is 14.4. The van der Waals surface area contributed by atoms with Crippen molar-refractivity contribution >= 4 is 17.3 Å². The lowest BCUT2D eigenvalue weighted by atomic mass is 10.3. The van der Waals surface area contributed by atoms with Crippen molar-refractivity contribution < 1.29 is 9.53 Å². The van der Waals surface area contributed by atoms with E-state index in [-0.39, 0.29) is 5.69 Å². The third kappa shape index (κ3) is 3.76. The van der Waals surface area contributed by atoms with Gasteiger partial charge in [0.2, 0.25) is 0 Å². The average molecular weight is 314 g/mol. The summed E-state index contributed by atoms with van der Waals surface area (Å²) in [6, 6.07) is 7.79. The molecular weight excluding hydrogens is 300 g/mol. The summed E-state index contributed by atoms with van der Waals surface area (Å²) in [6.45, 7) is 0.859. The molecule has 6 nitrogen and oxygen atoms in total. The molecule has 3 aromatic heterocycles. The highest BCUT2D eigenvalue weighted by atomic mass is 32.1. The van der Waals surface area contributed by atoms with Gasteiger partial charge in [-0.3, -0.25) is 4.98 Å². The molecule has 0 unspecified atom stereocenters. The Morgan fingerprint density at radius 2 is 2.27 bits per heavy atom. The predicted octanol–water partition coefficient (Wildman–Crippen LogP) is 2.18. The molecule has 0 fully saturated rings. The number of aromatic nitrogens is 4. The number of esters is 1. The number of ether oxygens (including phenoxy) is 1. The predicted molar refractivity (Wildman–Crippen MR) is 81.7 cm³/mol. The van der Waals surface area contributed by atoms with Gasteiger partial charge in [0.05, 0.1) is 19.3 Å². The van der Waals surface area contributed by atoms with E-state index in [0.717, 1.165) is 5.56 Å². The fourth-order valence-electron chi connectivity index (χ4n) is 1.92. The van der Waals surface area contributed by atoms with E-state index in [1.54, 1.807) is 34.6 Å². The fourth-order valence-corrected chi connectivity index (χ4v) is 2.61. The lowest BCUT2D eigenvalue weighted by Gasteiger charge is -2.01. The second-order valence-corrected chi connectivity index (χ2v) is 5.66. The highest BCUT2D eigenvalue weighted by molar-refractivity contribution is 7.09. The van der Waals surface area contributed by atoms with Gasteiger partial charge < -0.3 is 4.74 Å². The van der Waals surface area contributed by atoms with Crippen LogP contribution in [0.5, 0.6) is 0 Å². The topological polar surface area (TPSA) is 69.9 Å². The van der Waals surface area contributed by atoms with Crippen LogP contribution in [0.4, 0.5) is 0 Å². The summed E-state index contributed by atoms with van der Waals surface area (Å²) in [5.41, 5.74) is 1.21. The van der Waals surface area contributed by atoms with Crippen LogP contribution in [0, 0.1) is 0 Å². The molecule has 0 saturated heterocycles. The molecular formula is C15H14N4O2S. The second kappa shape index (κ2) is 6.95. The van der Waals surface area contributed by atoms with Crippen molar-refractivity contribution in [2.45, 2.75) is 13.0 Å². The van der Waals surface area contributed by atoms with Crippen LogP contribution in [0.2, 0.25) is 0 Å². The summed E-state index contributed by atoms with van der Waals surface area (Å²) in [7, 11) is 0. The Hall–Kier alpha value is -2.54. The van der Waals surface area contributed by atoms with E-state index in [0.29, 0.717) is 19.6 Å². The van der Waals surface area contributed by atoms with Gasteiger partial charge in [-0.25, -0.2) is 9.48 Å². The number of pyridine rings is 1. The van der Waals surface area contributed by atoms with Crippen molar-refractivity contribution in [3.05, 3.63) is 64.4 Å². The quantitative estimate of drug-likeness (QED) is 0.652. The lowest BCUT2D eigenvalue weighted by molar-refractivity contribution is 0.0503. The van der Waals surface area contributed by atoms with Crippen LogP contribution in [0.3, 0.4) is 0 Å². The molecule has 3 aromatic rings. The van der Waals surface area contributed by atoms with E-state index >= 15 is 0 Å². The SMILES string of the molecule is O=C(OCCc1cccs1)c1cn(Cc2cccnc2)nn1. The molecule has 0 aliphatic heterocycles. The van der Waals surface area contributed by atoms with Gasteiger partial charge in [-0.05, 0) is 23.1 Å². The Labute approximate surface area is 131 Å². The zero-order valence-electron chi connectivity index (χ0n) is 11.8. The van der Waals surface area contributed by atoms with E-state index < -0.39 is 5.97 Å². The minimum Gasteiger partial charge on any atom is -0.460 e. The summed E-state index contributed by atoms with van der Waals surface area (Å²) in [5.74, 6) is -0.450. The monoisotopic (exact) mass is 314 g/mol. The normalized spacial score (nSPS) is 10.5. The third-order valence-electron chi connectivity index (χ3n) is 2.98. The Morgan fingerprint density at radius 1 is 1.32 bits per heavy atom. The van der Waals surface area contributed by atoms with Crippen molar-refractivity contribution in [3.8, 4) is 0 Å². The standard InChI is InChI=1S/C15H14N4O2S/c20-15(21-7-5-13-4-2-8-22-13)14-11-19(18-17-14)10-12-3-1-6-16-9-12/h1-4,6,8-9,11H,5,7,10H2. The molecule has 7 heteroatoms. The molecule has 0 radical (unpaired) electrons. The Morgan fingerprint density at radius 3 is 3.05 bits per heavy atom. The molecule has 3 rings (SSSR count). The summed E-state index contributed by atoms with van der Waals surface area (Å²) < 4.78 is 6.79. The van der Waals surface area contributed by atoms with E-state index in [9.17, 15) is 4.79 Å². The van der Waals surface area contributed by atoms with Crippen LogP contribution in [-0.4, -0.2) is 32.6 Å². The molecule has 0 aromatic carbocycles. The highest BCUT2D eigenvalue weighted by Gasteiger charge is 2.12. The van der Waals surface area contributed by atoms with Gasteiger partial charge in [-0.2, -0.15) is 0 Å². The summed E-state index contributed by atoms with van der Waals surface area (Å²) in [4.78, 5) is 17.1. The number of hydrogen-bond donors (Lipinski definition) is 0. The van der Waals surface area contributed by atoms with Crippen LogP contribution in [0.15, 0.2) is 48.2 Å². The van der Waals surface area contributed by atoms with Crippen molar-refractivity contribution in [1.82, 2.24) is 20.0 Å². The Kier molecular flexibility index (Phi) is 4.55. The van der Waals surface area contributed by atoms with Crippen molar-refractivity contribution in [2.24, 2.45) is 0 Å². The Balaban J connectivity index is 1.53. The molecule has 0 bridgehead atoms. The molecule has 112 valence electrons. The fraction of sp³-hybridized carbons (Fsp3) is 0.200. The third-order valence-corrected chi connectivity index (χ3v) is 3.91. The maximum absolute atomic E-state index is 11.9. The average Bonchev–Trinajstić information content (AvgIpc) is 3.20. The van der Waals surface area contributed by atoms with Crippen LogP contribution in [0.1, 0.15) is 20.9 Å². The first-order valence-corrected chi connectivity index (χ1v) is 7.68. The van der Waals surface area contributed by atoms with Crippen LogP contribution >= 0.6 is 11.3 Å². The molecule has 0 aliphatic rings. The van der Waals surface area contributed by atoms with E-state index in [4.69, 9.17) is 4.74 Å². The summed E-state index contributed by atoms with van der Waals surface area (Å²) >= 11 is 1.65. The highest BCUT2D eigenvalue weighted by Crippen LogP contribution is 2.09. The minimum absolute atomic E-state index is 0.218. The summed E-state index contributed by atoms with van der Waals surface area (Å²) in [6.07, 6.45) is 5.76. The van der Waals surface area contributed by atoms with Gasteiger partial charge >= 0.3 is 5.97 Å². The smallest absolute Gasteiger partial charge is 0.360 e. The first-order valence-electron chi connectivity index (χ1n) is 6.80. The van der Waals surface area contributed by atoms with Crippen LogP contribution in [0.25, 0.3) is 0 Å². The maximum Gasteiger partial charge on any atom is 0.360 e. The van der Waals surface area contributed by atoms with E-state index in [1.807, 2.05) is 29.6 Å². The van der Waals surface area contributed by atoms with Gasteiger partial charge in [-0.15, -0.1) is 16.4 Å². The van der Waals surface area contributed by atoms with Gasteiger partial charge in [0.25, 0.3) is 0 Å². The van der Waals surface area contributed by atoms with Crippen LogP contribution < -0.4 is 0 Å². The van der Waals surface area contributed by atoms with Gasteiger partial charge in [-0.1, -0.05) is 17.3 Å². The van der Waals surface area contributed by atoms with Gasteiger partial charge in [0.1, 0.15) is 0 Å². The zero-order chi connectivity index (χ0) is 15.2. The lowest BCUT2D eigenvalue weighted by Crippen LogP contribution is -2.08.